The van der Waals surface area contributed by atoms with Gasteiger partial charge in [-0.3, -0.25) is 6.42 Å². The molecular weight excluding hydrogens is 98.1 g/mol. The van der Waals surface area contributed by atoms with Gasteiger partial charge in [0.15, 0.2) is 0 Å². The first-order valence-corrected chi connectivity index (χ1v) is 3.22. The Morgan fingerprint density at radius 3 is 2.00 bits per heavy atom. The van der Waals surface area contributed by atoms with E-state index >= 15 is 0 Å². The molecule has 0 saturated heterocycles. The van der Waals surface area contributed by atoms with Crippen LogP contribution in [0, 0.1) is 6.42 Å². The van der Waals surface area contributed by atoms with E-state index in [9.17, 15) is 0 Å². The van der Waals surface area contributed by atoms with Crippen molar-refractivity contribution in [2.45, 2.75) is 13.8 Å². The fraction of sp³-hybridized carbons (Fsp3) is 0.857. The van der Waals surface area contributed by atoms with Crippen LogP contribution in [0.3, 0.4) is 0 Å². The Morgan fingerprint density at radius 1 is 1.38 bits per heavy atom. The van der Waals surface area contributed by atoms with Crippen LogP contribution < -0.4 is 0 Å². The summed E-state index contributed by atoms with van der Waals surface area (Å²) in [6.45, 7) is 6.71. The van der Waals surface area contributed by atoms with Crippen molar-refractivity contribution in [1.82, 2.24) is 0 Å². The average molecular weight is 115 g/mol. The number of rotatable bonds is 3. The van der Waals surface area contributed by atoms with Gasteiger partial charge in [-0.25, -0.2) is 0 Å². The maximum absolute atomic E-state index is 2.24. The normalized spacial score (nSPS) is 12.0. The van der Waals surface area contributed by atoms with Crippen LogP contribution in [0.5, 0.6) is 0 Å². The zero-order chi connectivity index (χ0) is 6.62. The topological polar surface area (TPSA) is 0 Å². The molecule has 0 heterocycles. The molecule has 0 aromatic carbocycles. The summed E-state index contributed by atoms with van der Waals surface area (Å²) in [7, 11) is 4.47. The number of hydrogen-bond donors (Lipinski definition) is 0. The summed E-state index contributed by atoms with van der Waals surface area (Å²) in [6, 6.07) is 0. The molecule has 0 atom stereocenters. The standard InChI is InChI=1S/C7H17N/c1-5-7-8(3,4)6-2/h5H,6-7H2,1-4H3. The summed E-state index contributed by atoms with van der Waals surface area (Å²) in [4.78, 5) is 0. The highest BCUT2D eigenvalue weighted by Gasteiger charge is 2.02. The summed E-state index contributed by atoms with van der Waals surface area (Å²) in [5.74, 6) is 0. The second-order valence-electron chi connectivity index (χ2n) is 2.84. The fourth-order valence-electron chi connectivity index (χ4n) is 0.623. The molecule has 0 amide bonds. The van der Waals surface area contributed by atoms with Crippen molar-refractivity contribution in [3.05, 3.63) is 6.42 Å². The third kappa shape index (κ3) is 3.03. The van der Waals surface area contributed by atoms with Gasteiger partial charge in [0.25, 0.3) is 0 Å². The first-order valence-electron chi connectivity index (χ1n) is 3.22. The maximum Gasteiger partial charge on any atom is 0.0733 e. The second-order valence-corrected chi connectivity index (χ2v) is 2.84. The molecule has 1 nitrogen and oxygen atoms in total. The van der Waals surface area contributed by atoms with Crippen molar-refractivity contribution in [3.8, 4) is 0 Å². The quantitative estimate of drug-likeness (QED) is 0.384. The van der Waals surface area contributed by atoms with E-state index in [1.165, 1.54) is 13.1 Å². The van der Waals surface area contributed by atoms with Crippen LogP contribution in [0.4, 0.5) is 0 Å². The van der Waals surface area contributed by atoms with E-state index in [1.54, 1.807) is 0 Å². The van der Waals surface area contributed by atoms with Crippen LogP contribution in [0.1, 0.15) is 13.8 Å². The maximum atomic E-state index is 2.24. The third-order valence-corrected chi connectivity index (χ3v) is 1.53. The van der Waals surface area contributed by atoms with E-state index in [2.05, 4.69) is 34.4 Å². The Kier molecular flexibility index (Phi) is 3.06. The molecule has 0 aliphatic rings. The minimum Gasteiger partial charge on any atom is -0.354 e. The summed E-state index contributed by atoms with van der Waals surface area (Å²) in [5, 5.41) is 0. The molecule has 0 aromatic heterocycles. The molecule has 8 heavy (non-hydrogen) atoms. The van der Waals surface area contributed by atoms with Crippen molar-refractivity contribution in [3.63, 3.8) is 0 Å². The van der Waals surface area contributed by atoms with Crippen LogP contribution >= 0.6 is 0 Å². The monoisotopic (exact) mass is 115 g/mol. The number of hydrogen-bond acceptors (Lipinski definition) is 0. The molecule has 50 valence electrons. The van der Waals surface area contributed by atoms with Crippen LogP contribution in [0.25, 0.3) is 0 Å². The van der Waals surface area contributed by atoms with Gasteiger partial charge < -0.3 is 4.48 Å². The van der Waals surface area contributed by atoms with E-state index in [-0.39, 0.29) is 0 Å². The van der Waals surface area contributed by atoms with Crippen molar-refractivity contribution in [2.75, 3.05) is 27.2 Å². The highest BCUT2D eigenvalue weighted by atomic mass is 15.3. The van der Waals surface area contributed by atoms with E-state index in [0.717, 1.165) is 4.48 Å². The molecule has 0 N–H and O–H groups in total. The molecule has 0 spiro atoms. The Labute approximate surface area is 52.9 Å². The predicted octanol–water partition coefficient (Wildman–Crippen LogP) is 1.31. The van der Waals surface area contributed by atoms with Crippen molar-refractivity contribution in [1.29, 1.82) is 0 Å². The van der Waals surface area contributed by atoms with Gasteiger partial charge in [0.2, 0.25) is 0 Å². The van der Waals surface area contributed by atoms with E-state index in [1.807, 2.05) is 0 Å². The van der Waals surface area contributed by atoms with Crippen LogP contribution in [0.2, 0.25) is 0 Å². The first kappa shape index (κ1) is 7.96. The van der Waals surface area contributed by atoms with Gasteiger partial charge in [0.1, 0.15) is 0 Å². The van der Waals surface area contributed by atoms with Gasteiger partial charge in [-0.1, -0.05) is 0 Å². The Morgan fingerprint density at radius 2 is 1.88 bits per heavy atom. The molecule has 0 unspecified atom stereocenters. The predicted molar refractivity (Wildman–Crippen MR) is 37.5 cm³/mol. The highest BCUT2D eigenvalue weighted by molar-refractivity contribution is 4.51. The molecule has 0 aromatic rings. The lowest BCUT2D eigenvalue weighted by Gasteiger charge is -2.31. The van der Waals surface area contributed by atoms with E-state index < -0.39 is 0 Å². The fourth-order valence-corrected chi connectivity index (χ4v) is 0.623. The van der Waals surface area contributed by atoms with Gasteiger partial charge in [-0.15, -0.1) is 0 Å². The lowest BCUT2D eigenvalue weighted by Crippen LogP contribution is -2.39. The lowest BCUT2D eigenvalue weighted by atomic mass is 10.4. The summed E-state index contributed by atoms with van der Waals surface area (Å²) in [6.07, 6.45) is 2.21. The molecule has 0 aliphatic carbocycles. The highest BCUT2D eigenvalue weighted by Crippen LogP contribution is 1.95. The molecule has 0 aliphatic heterocycles. The Hall–Kier alpha value is -0.0400. The molecule has 0 radical (unpaired) electrons. The largest absolute Gasteiger partial charge is 0.354 e. The van der Waals surface area contributed by atoms with E-state index in [0.29, 0.717) is 0 Å². The Balaban J connectivity index is 3.37. The second kappa shape index (κ2) is 3.08. The zero-order valence-electron chi connectivity index (χ0n) is 6.44. The van der Waals surface area contributed by atoms with Crippen LogP contribution in [-0.2, 0) is 0 Å². The molecule has 0 bridgehead atoms. The van der Waals surface area contributed by atoms with E-state index in [4.69, 9.17) is 0 Å². The smallest absolute Gasteiger partial charge is 0.0733 e. The van der Waals surface area contributed by atoms with Crippen LogP contribution in [0.15, 0.2) is 0 Å². The SMILES string of the molecule is C[CH-]C[N+](C)(C)CC. The van der Waals surface area contributed by atoms with Crippen molar-refractivity contribution in [2.24, 2.45) is 0 Å². The summed E-state index contributed by atoms with van der Waals surface area (Å²) in [5.41, 5.74) is 0. The lowest BCUT2D eigenvalue weighted by molar-refractivity contribution is -0.884. The van der Waals surface area contributed by atoms with Gasteiger partial charge in [0, 0.05) is 0 Å². The Bertz CT molecular complexity index is 57.4. The number of nitrogens with zero attached hydrogens (tertiary/aromatic N) is 1. The van der Waals surface area contributed by atoms with Gasteiger partial charge in [-0.2, -0.15) is 6.92 Å². The first-order chi connectivity index (χ1) is 3.62. The third-order valence-electron chi connectivity index (χ3n) is 1.53. The minimum atomic E-state index is 1.11. The van der Waals surface area contributed by atoms with Gasteiger partial charge in [0.05, 0.1) is 20.6 Å². The molecule has 0 rings (SSSR count). The van der Waals surface area contributed by atoms with Gasteiger partial charge >= 0.3 is 0 Å². The van der Waals surface area contributed by atoms with Crippen molar-refractivity contribution >= 4 is 0 Å². The number of quaternary nitrogens is 1. The molecule has 1 heteroatoms. The zero-order valence-corrected chi connectivity index (χ0v) is 6.44. The molecule has 0 fully saturated rings. The van der Waals surface area contributed by atoms with Crippen LogP contribution in [-0.4, -0.2) is 31.7 Å². The van der Waals surface area contributed by atoms with Gasteiger partial charge in [-0.05, 0) is 13.5 Å². The van der Waals surface area contributed by atoms with Crippen molar-refractivity contribution < 1.29 is 4.48 Å². The molecular formula is C7H17N. The summed E-state index contributed by atoms with van der Waals surface area (Å²) < 4.78 is 1.11. The average Bonchev–Trinajstić information content (AvgIpc) is 1.67. The minimum absolute atomic E-state index is 1.11. The molecule has 0 saturated carbocycles. The summed E-state index contributed by atoms with van der Waals surface area (Å²) >= 11 is 0.